The maximum atomic E-state index is 13.8. The fourth-order valence-electron chi connectivity index (χ4n) is 5.07. The molecule has 0 bridgehead atoms. The van der Waals surface area contributed by atoms with Gasteiger partial charge in [0.1, 0.15) is 12.3 Å². The monoisotopic (exact) mass is 489 g/mol. The van der Waals surface area contributed by atoms with Crippen LogP contribution >= 0.6 is 0 Å². The summed E-state index contributed by atoms with van der Waals surface area (Å²) < 4.78 is 29.1. The van der Waals surface area contributed by atoms with E-state index in [1.807, 2.05) is 28.9 Å². The van der Waals surface area contributed by atoms with E-state index in [1.54, 1.807) is 19.3 Å². The van der Waals surface area contributed by atoms with Gasteiger partial charge in [-0.3, -0.25) is 14.3 Å². The van der Waals surface area contributed by atoms with E-state index in [-0.39, 0.29) is 0 Å². The van der Waals surface area contributed by atoms with Gasteiger partial charge in [0.2, 0.25) is 5.78 Å². The van der Waals surface area contributed by atoms with E-state index in [2.05, 4.69) is 36.1 Å². The van der Waals surface area contributed by atoms with E-state index < -0.39 is 11.6 Å². The summed E-state index contributed by atoms with van der Waals surface area (Å²) >= 11 is 0. The van der Waals surface area contributed by atoms with Crippen molar-refractivity contribution in [1.29, 1.82) is 0 Å². The number of likely N-dealkylation sites (tertiary alicyclic amines) is 1. The van der Waals surface area contributed by atoms with Crippen LogP contribution in [-0.2, 0) is 11.4 Å². The summed E-state index contributed by atoms with van der Waals surface area (Å²) in [6.45, 7) is 7.09. The molecule has 5 heterocycles. The summed E-state index contributed by atoms with van der Waals surface area (Å²) in [6.07, 6.45) is 9.44. The Morgan fingerprint density at radius 3 is 2.64 bits per heavy atom. The first kappa shape index (κ1) is 22.5. The van der Waals surface area contributed by atoms with Crippen LogP contribution in [0.4, 0.5) is 14.5 Å². The minimum atomic E-state index is -0.937. The topological polar surface area (TPSA) is 71.2 Å². The van der Waals surface area contributed by atoms with Crippen LogP contribution in [0, 0.1) is 17.0 Å². The highest BCUT2D eigenvalue weighted by Gasteiger charge is 2.51. The van der Waals surface area contributed by atoms with Crippen LogP contribution in [0.2, 0.25) is 0 Å². The first-order valence-electron chi connectivity index (χ1n) is 11.9. The van der Waals surface area contributed by atoms with Crippen LogP contribution in [0.5, 0.6) is 0 Å². The minimum absolute atomic E-state index is 0.335. The minimum Gasteiger partial charge on any atom is -0.396 e. The molecule has 4 aromatic rings. The lowest BCUT2D eigenvalue weighted by atomic mass is 9.72. The molecule has 1 aromatic carbocycles. The summed E-state index contributed by atoms with van der Waals surface area (Å²) in [5.74, 6) is -1.13. The Balaban J connectivity index is 1.07. The second kappa shape index (κ2) is 8.94. The third-order valence-electron chi connectivity index (χ3n) is 6.72. The van der Waals surface area contributed by atoms with Crippen molar-refractivity contribution in [2.45, 2.75) is 13.5 Å². The molecule has 0 atom stereocenters. The molecule has 0 radical (unpaired) electrons. The molecular weight excluding hydrogens is 464 g/mol. The normalized spacial score (nSPS) is 17.3. The fourth-order valence-corrected chi connectivity index (χ4v) is 5.07. The first-order chi connectivity index (χ1) is 17.5. The van der Waals surface area contributed by atoms with Gasteiger partial charge in [-0.2, -0.15) is 0 Å². The number of nitrogens with zero attached hydrogens (tertiary/aromatic N) is 7. The molecule has 0 amide bonds. The van der Waals surface area contributed by atoms with Gasteiger partial charge in [-0.05, 0) is 36.8 Å². The van der Waals surface area contributed by atoms with Crippen LogP contribution < -0.4 is 4.90 Å². The van der Waals surface area contributed by atoms with E-state index in [0.717, 1.165) is 56.1 Å². The molecule has 6 rings (SSSR count). The van der Waals surface area contributed by atoms with E-state index >= 15 is 0 Å². The highest BCUT2D eigenvalue weighted by Crippen LogP contribution is 2.42. The molecule has 2 saturated heterocycles. The van der Waals surface area contributed by atoms with Gasteiger partial charge >= 0.3 is 0 Å². The molecule has 36 heavy (non-hydrogen) atoms. The summed E-state index contributed by atoms with van der Waals surface area (Å²) in [4.78, 5) is 23.1. The quantitative estimate of drug-likeness (QED) is 0.292. The molecule has 10 heteroatoms. The molecular formula is C26H25F2N7O. The zero-order chi connectivity index (χ0) is 24.7. The number of hydrogen-bond acceptors (Lipinski definition) is 7. The third-order valence-corrected chi connectivity index (χ3v) is 6.72. The lowest BCUT2D eigenvalue weighted by molar-refractivity contribution is -0.0274. The van der Waals surface area contributed by atoms with Crippen molar-refractivity contribution >= 4 is 17.2 Å². The second-order valence-corrected chi connectivity index (χ2v) is 9.49. The van der Waals surface area contributed by atoms with Gasteiger partial charge in [-0.25, -0.2) is 18.7 Å². The van der Waals surface area contributed by atoms with Gasteiger partial charge in [-0.15, -0.1) is 0 Å². The van der Waals surface area contributed by atoms with Crippen LogP contribution in [0.3, 0.4) is 0 Å². The standard InChI is InChI=1S/C26H25F2N7O/c1-2-36-32-24(19-4-5-21(27)22(28)9-19)23-6-3-18(10-30-23)12-33-14-26(15-33)16-35(17-26)20-11-31-25-29-7-8-34(25)13-20/h3-11,13H,2,12,14-17H2,1H3. The fraction of sp³-hybridized carbons (Fsp3) is 0.308. The Bertz CT molecular complexity index is 1420. The molecule has 2 aliphatic heterocycles. The summed E-state index contributed by atoms with van der Waals surface area (Å²) in [6, 6.07) is 7.49. The average Bonchev–Trinajstić information content (AvgIpc) is 3.31. The SMILES string of the molecule is CCON=C(c1ccc(F)c(F)c1)c1ccc(CN2CC3(C2)CN(c2cnc4nccn4c2)C3)cn1. The van der Waals surface area contributed by atoms with Crippen molar-refractivity contribution in [3.05, 3.63) is 89.8 Å². The Kier molecular flexibility index (Phi) is 5.60. The number of fused-ring (bicyclic) bond motifs is 1. The second-order valence-electron chi connectivity index (χ2n) is 9.49. The number of anilines is 1. The molecule has 184 valence electrons. The van der Waals surface area contributed by atoms with E-state index in [9.17, 15) is 8.78 Å². The number of benzene rings is 1. The van der Waals surface area contributed by atoms with Crippen LogP contribution in [0.25, 0.3) is 5.78 Å². The van der Waals surface area contributed by atoms with E-state index in [4.69, 9.17) is 4.84 Å². The largest absolute Gasteiger partial charge is 0.396 e. The number of imidazole rings is 1. The van der Waals surface area contributed by atoms with Crippen molar-refractivity contribution in [3.8, 4) is 0 Å². The number of aromatic nitrogens is 4. The van der Waals surface area contributed by atoms with Gasteiger partial charge in [0.25, 0.3) is 0 Å². The molecule has 0 aliphatic carbocycles. The first-order valence-corrected chi connectivity index (χ1v) is 11.9. The molecule has 8 nitrogen and oxygen atoms in total. The van der Waals surface area contributed by atoms with Crippen LogP contribution in [0.15, 0.2) is 66.5 Å². The van der Waals surface area contributed by atoms with E-state index in [1.165, 1.54) is 6.07 Å². The zero-order valence-corrected chi connectivity index (χ0v) is 19.8. The summed E-state index contributed by atoms with van der Waals surface area (Å²) in [5.41, 5.74) is 3.85. The molecule has 3 aromatic heterocycles. The van der Waals surface area contributed by atoms with Gasteiger partial charge in [0.05, 0.1) is 17.6 Å². The highest BCUT2D eigenvalue weighted by molar-refractivity contribution is 6.11. The number of pyridine rings is 1. The molecule has 1 spiro atoms. The number of rotatable bonds is 7. The Morgan fingerprint density at radius 1 is 1.03 bits per heavy atom. The van der Waals surface area contributed by atoms with Crippen molar-refractivity contribution in [3.63, 3.8) is 0 Å². The smallest absolute Gasteiger partial charge is 0.233 e. The number of halogens is 2. The van der Waals surface area contributed by atoms with Crippen molar-refractivity contribution < 1.29 is 13.6 Å². The van der Waals surface area contributed by atoms with Gasteiger partial charge < -0.3 is 9.74 Å². The number of oxime groups is 1. The highest BCUT2D eigenvalue weighted by atomic mass is 19.2. The van der Waals surface area contributed by atoms with Gasteiger partial charge in [0.15, 0.2) is 11.6 Å². The lowest BCUT2D eigenvalue weighted by Crippen LogP contribution is -2.72. The van der Waals surface area contributed by atoms with E-state index in [0.29, 0.717) is 34.8 Å². The molecule has 2 aliphatic rings. The van der Waals surface area contributed by atoms with Crippen molar-refractivity contribution in [2.24, 2.45) is 10.6 Å². The number of hydrogen-bond donors (Lipinski definition) is 0. The van der Waals surface area contributed by atoms with Crippen LogP contribution in [-0.4, -0.2) is 62.8 Å². The molecule has 0 unspecified atom stereocenters. The Hall–Kier alpha value is -3.92. The average molecular weight is 490 g/mol. The van der Waals surface area contributed by atoms with Crippen molar-refractivity contribution in [2.75, 3.05) is 37.7 Å². The van der Waals surface area contributed by atoms with Crippen molar-refractivity contribution in [1.82, 2.24) is 24.3 Å². The summed E-state index contributed by atoms with van der Waals surface area (Å²) in [7, 11) is 0. The maximum Gasteiger partial charge on any atom is 0.233 e. The maximum absolute atomic E-state index is 13.8. The molecule has 2 fully saturated rings. The van der Waals surface area contributed by atoms with Crippen LogP contribution in [0.1, 0.15) is 23.7 Å². The van der Waals surface area contributed by atoms with Gasteiger partial charge in [0, 0.05) is 68.5 Å². The summed E-state index contributed by atoms with van der Waals surface area (Å²) in [5, 5.41) is 4.10. The predicted molar refractivity (Wildman–Crippen MR) is 131 cm³/mol. The third kappa shape index (κ3) is 4.17. The molecule has 0 saturated carbocycles. The zero-order valence-electron chi connectivity index (χ0n) is 19.8. The Morgan fingerprint density at radius 2 is 1.89 bits per heavy atom. The van der Waals surface area contributed by atoms with Gasteiger partial charge in [-0.1, -0.05) is 11.2 Å². The lowest BCUT2D eigenvalue weighted by Gasteiger charge is -2.61. The predicted octanol–water partition coefficient (Wildman–Crippen LogP) is 3.51. The molecule has 0 N–H and O–H groups in total. The Labute approximate surface area is 206 Å².